The number of ketones is 1. The van der Waals surface area contributed by atoms with Gasteiger partial charge >= 0.3 is 0 Å². The molecule has 0 saturated carbocycles. The molecule has 0 radical (unpaired) electrons. The third-order valence-electron chi connectivity index (χ3n) is 4.99. The van der Waals surface area contributed by atoms with E-state index in [4.69, 9.17) is 11.6 Å². The summed E-state index contributed by atoms with van der Waals surface area (Å²) in [7, 11) is 0. The Balaban J connectivity index is 1.85. The van der Waals surface area contributed by atoms with Crippen LogP contribution in [0.25, 0.3) is 0 Å². The van der Waals surface area contributed by atoms with Gasteiger partial charge in [-0.2, -0.15) is 5.26 Å². The van der Waals surface area contributed by atoms with Crippen molar-refractivity contribution in [1.82, 2.24) is 4.90 Å². The predicted octanol–water partition coefficient (Wildman–Crippen LogP) is 3.62. The van der Waals surface area contributed by atoms with E-state index in [1.807, 2.05) is 19.9 Å². The summed E-state index contributed by atoms with van der Waals surface area (Å²) in [6.45, 7) is 4.92. The number of halogens is 1. The Bertz CT molecular complexity index is 774. The molecule has 1 aromatic carbocycles. The quantitative estimate of drug-likeness (QED) is 0.783. The van der Waals surface area contributed by atoms with Crippen LogP contribution in [0.4, 0.5) is 0 Å². The van der Waals surface area contributed by atoms with Crippen LogP contribution < -0.4 is 0 Å². The molecule has 0 unspecified atom stereocenters. The molecular weight excluding hydrogens is 324 g/mol. The van der Waals surface area contributed by atoms with E-state index in [-0.39, 0.29) is 22.7 Å². The Morgan fingerprint density at radius 3 is 2.58 bits per heavy atom. The van der Waals surface area contributed by atoms with Crippen molar-refractivity contribution in [2.45, 2.75) is 26.7 Å². The van der Waals surface area contributed by atoms with Crippen molar-refractivity contribution in [3.63, 3.8) is 0 Å². The highest BCUT2D eigenvalue weighted by Crippen LogP contribution is 2.48. The number of carbonyl (C=O) groups excluding carboxylic acids is 2. The monoisotopic (exact) mass is 342 g/mol. The second-order valence-electron chi connectivity index (χ2n) is 7.41. The van der Waals surface area contributed by atoms with E-state index in [1.165, 1.54) is 0 Å². The average molecular weight is 343 g/mol. The summed E-state index contributed by atoms with van der Waals surface area (Å²) in [6, 6.07) is 8.89. The summed E-state index contributed by atoms with van der Waals surface area (Å²) in [4.78, 5) is 26.8. The van der Waals surface area contributed by atoms with Crippen molar-refractivity contribution in [2.24, 2.45) is 10.8 Å². The maximum atomic E-state index is 12.7. The number of likely N-dealkylation sites (tertiary alicyclic amines) is 1. The van der Waals surface area contributed by atoms with Gasteiger partial charge in [-0.15, -0.1) is 0 Å². The van der Waals surface area contributed by atoms with E-state index in [2.05, 4.69) is 0 Å². The van der Waals surface area contributed by atoms with E-state index in [1.54, 1.807) is 35.2 Å². The van der Waals surface area contributed by atoms with Gasteiger partial charge in [-0.3, -0.25) is 9.59 Å². The lowest BCUT2D eigenvalue weighted by atomic mass is 9.64. The van der Waals surface area contributed by atoms with Gasteiger partial charge in [0.05, 0.1) is 5.57 Å². The van der Waals surface area contributed by atoms with Gasteiger partial charge in [-0.25, -0.2) is 0 Å². The third kappa shape index (κ3) is 2.85. The smallest absolute Gasteiger partial charge is 0.253 e. The largest absolute Gasteiger partial charge is 0.338 e. The first-order valence-corrected chi connectivity index (χ1v) is 8.37. The maximum Gasteiger partial charge on any atom is 0.253 e. The summed E-state index contributed by atoms with van der Waals surface area (Å²) in [5, 5.41) is 9.88. The van der Waals surface area contributed by atoms with Crippen LogP contribution in [0.3, 0.4) is 0 Å². The molecule has 2 aliphatic rings. The van der Waals surface area contributed by atoms with Crippen molar-refractivity contribution in [1.29, 1.82) is 5.26 Å². The number of Topliss-reactive ketones (excluding diaryl/α,β-unsaturated/α-hetero) is 1. The van der Waals surface area contributed by atoms with Crippen molar-refractivity contribution >= 4 is 23.3 Å². The molecular formula is C19H19ClN2O2. The van der Waals surface area contributed by atoms with Crippen molar-refractivity contribution < 1.29 is 9.59 Å². The molecule has 1 heterocycles. The lowest BCUT2D eigenvalue weighted by molar-refractivity contribution is -0.125. The minimum absolute atomic E-state index is 0.0369. The van der Waals surface area contributed by atoms with Crippen molar-refractivity contribution in [3.05, 3.63) is 46.5 Å². The minimum atomic E-state index is -0.570. The van der Waals surface area contributed by atoms with Gasteiger partial charge in [0, 0.05) is 34.5 Å². The molecule has 4 nitrogen and oxygen atoms in total. The SMILES string of the molecule is CC1(C)C[C@@]2(C=C(C#N)C1=O)CCN(C(=O)c1ccc(Cl)cc1)C2. The highest BCUT2D eigenvalue weighted by molar-refractivity contribution is 6.30. The topological polar surface area (TPSA) is 61.2 Å². The molecule has 5 heteroatoms. The molecule has 124 valence electrons. The average Bonchev–Trinajstić information content (AvgIpc) is 2.94. The van der Waals surface area contributed by atoms with Crippen LogP contribution in [0, 0.1) is 22.2 Å². The van der Waals surface area contributed by atoms with Gasteiger partial charge in [0.25, 0.3) is 5.91 Å². The van der Waals surface area contributed by atoms with Crippen LogP contribution in [-0.2, 0) is 4.79 Å². The molecule has 0 N–H and O–H groups in total. The summed E-state index contributed by atoms with van der Waals surface area (Å²) in [5.74, 6) is -0.136. The van der Waals surface area contributed by atoms with E-state index < -0.39 is 5.41 Å². The van der Waals surface area contributed by atoms with Crippen LogP contribution in [0.2, 0.25) is 5.02 Å². The number of hydrogen-bond donors (Lipinski definition) is 0. The second kappa shape index (κ2) is 5.75. The Hall–Kier alpha value is -2.12. The van der Waals surface area contributed by atoms with Gasteiger partial charge in [0.15, 0.2) is 5.78 Å². The molecule has 1 aromatic rings. The summed E-state index contributed by atoms with van der Waals surface area (Å²) >= 11 is 5.87. The zero-order chi connectivity index (χ0) is 17.5. The van der Waals surface area contributed by atoms with Crippen LogP contribution in [0.5, 0.6) is 0 Å². The lowest BCUT2D eigenvalue weighted by Crippen LogP contribution is -2.40. The first kappa shape index (κ1) is 16.7. The second-order valence-corrected chi connectivity index (χ2v) is 7.84. The Labute approximate surface area is 146 Å². The van der Waals surface area contributed by atoms with E-state index in [0.29, 0.717) is 30.1 Å². The summed E-state index contributed by atoms with van der Waals surface area (Å²) < 4.78 is 0. The van der Waals surface area contributed by atoms with Gasteiger partial charge < -0.3 is 4.90 Å². The fraction of sp³-hybridized carbons (Fsp3) is 0.421. The van der Waals surface area contributed by atoms with E-state index >= 15 is 0 Å². The molecule has 1 aliphatic heterocycles. The first-order valence-electron chi connectivity index (χ1n) is 7.99. The normalized spacial score (nSPS) is 25.5. The number of benzene rings is 1. The Morgan fingerprint density at radius 1 is 1.29 bits per heavy atom. The van der Waals surface area contributed by atoms with E-state index in [0.717, 1.165) is 6.42 Å². The highest BCUT2D eigenvalue weighted by Gasteiger charge is 2.48. The zero-order valence-corrected chi connectivity index (χ0v) is 14.6. The number of nitrogens with zero attached hydrogens (tertiary/aromatic N) is 2. The van der Waals surface area contributed by atoms with Gasteiger partial charge in [-0.1, -0.05) is 31.5 Å². The maximum absolute atomic E-state index is 12.7. The molecule has 1 saturated heterocycles. The van der Waals surface area contributed by atoms with Crippen LogP contribution >= 0.6 is 11.6 Å². The Kier molecular flexibility index (Phi) is 4.01. The van der Waals surface area contributed by atoms with Crippen LogP contribution in [-0.4, -0.2) is 29.7 Å². The molecule has 3 rings (SSSR count). The molecule has 1 aliphatic carbocycles. The molecule has 1 amide bonds. The van der Waals surface area contributed by atoms with Crippen LogP contribution in [0.15, 0.2) is 35.9 Å². The number of amides is 1. The molecule has 24 heavy (non-hydrogen) atoms. The number of nitriles is 1. The third-order valence-corrected chi connectivity index (χ3v) is 5.24. The van der Waals surface area contributed by atoms with Crippen LogP contribution in [0.1, 0.15) is 37.0 Å². The first-order chi connectivity index (χ1) is 11.3. The highest BCUT2D eigenvalue weighted by atomic mass is 35.5. The molecule has 1 atom stereocenters. The van der Waals surface area contributed by atoms with Crippen molar-refractivity contribution in [3.8, 4) is 6.07 Å². The Morgan fingerprint density at radius 2 is 1.96 bits per heavy atom. The standard InChI is InChI=1S/C19H19ClN2O2/c1-18(2)11-19(9-14(10-21)16(18)23)7-8-22(12-19)17(24)13-3-5-15(20)6-4-13/h3-6,9H,7-8,11-12H2,1-2H3/t19-/m0/s1. The minimum Gasteiger partial charge on any atom is -0.338 e. The summed E-state index contributed by atoms with van der Waals surface area (Å²) in [6.07, 6.45) is 3.23. The van der Waals surface area contributed by atoms with Gasteiger partial charge in [-0.05, 0) is 37.1 Å². The molecule has 0 aromatic heterocycles. The van der Waals surface area contributed by atoms with Gasteiger partial charge in [0.1, 0.15) is 6.07 Å². The number of allylic oxidation sites excluding steroid dienone is 1. The van der Waals surface area contributed by atoms with Crippen molar-refractivity contribution in [2.75, 3.05) is 13.1 Å². The fourth-order valence-electron chi connectivity index (χ4n) is 3.94. The van der Waals surface area contributed by atoms with Gasteiger partial charge in [0.2, 0.25) is 0 Å². The number of rotatable bonds is 1. The fourth-order valence-corrected chi connectivity index (χ4v) is 4.06. The number of carbonyl (C=O) groups is 2. The summed E-state index contributed by atoms with van der Waals surface area (Å²) in [5.41, 5.74) is -0.0249. The molecule has 1 fully saturated rings. The lowest BCUT2D eigenvalue weighted by Gasteiger charge is -2.38. The molecule has 1 spiro atoms. The number of hydrogen-bond acceptors (Lipinski definition) is 3. The predicted molar refractivity (Wildman–Crippen MR) is 91.5 cm³/mol. The zero-order valence-electron chi connectivity index (χ0n) is 13.8. The van der Waals surface area contributed by atoms with E-state index in [9.17, 15) is 14.9 Å². The molecule has 0 bridgehead atoms.